The van der Waals surface area contributed by atoms with Gasteiger partial charge in [0.25, 0.3) is 0 Å². The molecule has 0 bridgehead atoms. The van der Waals surface area contributed by atoms with E-state index in [1.54, 1.807) is 7.11 Å². The van der Waals surface area contributed by atoms with Gasteiger partial charge in [0.2, 0.25) is 5.91 Å². The monoisotopic (exact) mass is 455 g/mol. The van der Waals surface area contributed by atoms with Crippen molar-refractivity contribution in [3.8, 4) is 5.75 Å². The lowest BCUT2D eigenvalue weighted by molar-refractivity contribution is -0.129. The van der Waals surface area contributed by atoms with Gasteiger partial charge in [-0.3, -0.25) is 4.79 Å². The van der Waals surface area contributed by atoms with Gasteiger partial charge >= 0.3 is 0 Å². The van der Waals surface area contributed by atoms with Crippen LogP contribution in [0.2, 0.25) is 18.6 Å². The molecule has 170 valence electrons. The minimum Gasteiger partial charge on any atom is -0.497 e. The molecule has 4 heteroatoms. The summed E-state index contributed by atoms with van der Waals surface area (Å²) in [4.78, 5) is 15.7. The van der Waals surface area contributed by atoms with Crippen molar-refractivity contribution in [3.63, 3.8) is 0 Å². The summed E-state index contributed by atoms with van der Waals surface area (Å²) >= 11 is 0. The standard InChI is InChI=1S/C29H33NO2Si/c1-21(20-23-12-8-6-9-13-23)28-27(22(2)33(4,5)26-14-10-7-11-15-26)29(31)30(28)24-16-18-25(32-3)19-17-24/h6-20,22,27-28H,1-5H3/b21-20+/t22-,27-,28+/m1/s1. The molecule has 1 aliphatic heterocycles. The summed E-state index contributed by atoms with van der Waals surface area (Å²) < 4.78 is 5.32. The summed E-state index contributed by atoms with van der Waals surface area (Å²) in [6.45, 7) is 9.24. The van der Waals surface area contributed by atoms with Crippen molar-refractivity contribution in [1.82, 2.24) is 0 Å². The number of hydrogen-bond donors (Lipinski definition) is 0. The molecule has 1 amide bonds. The number of methoxy groups -OCH3 is 1. The molecule has 4 rings (SSSR count). The van der Waals surface area contributed by atoms with Crippen molar-refractivity contribution >= 4 is 30.9 Å². The van der Waals surface area contributed by atoms with Crippen molar-refractivity contribution in [2.24, 2.45) is 5.92 Å². The molecule has 3 aromatic rings. The first-order chi connectivity index (χ1) is 15.8. The molecule has 33 heavy (non-hydrogen) atoms. The topological polar surface area (TPSA) is 29.5 Å². The highest BCUT2D eigenvalue weighted by atomic mass is 28.3. The fraction of sp³-hybridized carbons (Fsp3) is 0.276. The first-order valence-corrected chi connectivity index (χ1v) is 14.7. The second-order valence-corrected chi connectivity index (χ2v) is 14.5. The lowest BCUT2D eigenvalue weighted by atomic mass is 9.79. The highest BCUT2D eigenvalue weighted by Crippen LogP contribution is 2.46. The summed E-state index contributed by atoms with van der Waals surface area (Å²) in [5.41, 5.74) is 3.60. The van der Waals surface area contributed by atoms with Gasteiger partial charge in [-0.2, -0.15) is 0 Å². The van der Waals surface area contributed by atoms with E-state index in [0.29, 0.717) is 5.54 Å². The number of amides is 1. The maximum atomic E-state index is 13.7. The zero-order valence-corrected chi connectivity index (χ0v) is 21.2. The molecule has 0 radical (unpaired) electrons. The van der Waals surface area contributed by atoms with E-state index in [1.165, 1.54) is 10.8 Å². The van der Waals surface area contributed by atoms with Crippen molar-refractivity contribution in [2.75, 3.05) is 12.0 Å². The molecule has 0 aliphatic carbocycles. The first-order valence-electron chi connectivity index (χ1n) is 11.6. The van der Waals surface area contributed by atoms with Gasteiger partial charge in [-0.15, -0.1) is 0 Å². The van der Waals surface area contributed by atoms with E-state index in [1.807, 2.05) is 35.2 Å². The van der Waals surface area contributed by atoms with E-state index in [2.05, 4.69) is 87.6 Å². The summed E-state index contributed by atoms with van der Waals surface area (Å²) in [5, 5.41) is 1.40. The Morgan fingerprint density at radius 3 is 2.09 bits per heavy atom. The number of anilines is 1. The van der Waals surface area contributed by atoms with Gasteiger partial charge in [0.15, 0.2) is 0 Å². The molecule has 1 heterocycles. The van der Waals surface area contributed by atoms with E-state index in [-0.39, 0.29) is 17.9 Å². The number of benzene rings is 3. The third-order valence-corrected chi connectivity index (χ3v) is 11.8. The van der Waals surface area contributed by atoms with Gasteiger partial charge in [-0.25, -0.2) is 0 Å². The summed E-state index contributed by atoms with van der Waals surface area (Å²) in [5.74, 6) is 0.978. The van der Waals surface area contributed by atoms with Gasteiger partial charge in [-0.1, -0.05) is 91.9 Å². The molecule has 0 saturated carbocycles. The number of rotatable bonds is 7. The molecule has 1 fully saturated rings. The Labute approximate surface area is 198 Å². The Morgan fingerprint density at radius 2 is 1.52 bits per heavy atom. The predicted molar refractivity (Wildman–Crippen MR) is 141 cm³/mol. The molecule has 3 aromatic carbocycles. The Morgan fingerprint density at radius 1 is 0.939 bits per heavy atom. The quantitative estimate of drug-likeness (QED) is 0.316. The molecular formula is C29H33NO2Si. The van der Waals surface area contributed by atoms with Crippen LogP contribution in [-0.4, -0.2) is 27.1 Å². The fourth-order valence-corrected chi connectivity index (χ4v) is 7.79. The van der Waals surface area contributed by atoms with Crippen LogP contribution in [0, 0.1) is 5.92 Å². The predicted octanol–water partition coefficient (Wildman–Crippen LogP) is 6.14. The number of carbonyl (C=O) groups excluding carboxylic acids is 1. The Hall–Kier alpha value is -3.11. The summed E-state index contributed by atoms with van der Waals surface area (Å²) in [7, 11) is -0.217. The van der Waals surface area contributed by atoms with Gasteiger partial charge in [0, 0.05) is 5.69 Å². The highest BCUT2D eigenvalue weighted by Gasteiger charge is 2.54. The molecule has 0 aromatic heterocycles. The lowest BCUT2D eigenvalue weighted by Crippen LogP contribution is -2.66. The molecule has 3 atom stereocenters. The average Bonchev–Trinajstić information content (AvgIpc) is 2.84. The highest BCUT2D eigenvalue weighted by molar-refractivity contribution is 6.91. The third kappa shape index (κ3) is 4.40. The number of hydrogen-bond acceptors (Lipinski definition) is 2. The van der Waals surface area contributed by atoms with Crippen LogP contribution >= 0.6 is 0 Å². The van der Waals surface area contributed by atoms with Gasteiger partial charge in [0.1, 0.15) is 5.75 Å². The molecule has 1 aliphatic rings. The van der Waals surface area contributed by atoms with Crippen LogP contribution in [-0.2, 0) is 4.79 Å². The maximum absolute atomic E-state index is 13.7. The average molecular weight is 456 g/mol. The van der Waals surface area contributed by atoms with Crippen LogP contribution < -0.4 is 14.8 Å². The molecular weight excluding hydrogens is 422 g/mol. The normalized spacial score (nSPS) is 19.7. The van der Waals surface area contributed by atoms with E-state index in [9.17, 15) is 4.79 Å². The van der Waals surface area contributed by atoms with Gasteiger partial charge in [-0.05, 0) is 47.9 Å². The lowest BCUT2D eigenvalue weighted by Gasteiger charge is -2.53. The Kier molecular flexibility index (Phi) is 6.57. The summed E-state index contributed by atoms with van der Waals surface area (Å²) in [6.07, 6.45) is 2.23. The minimum absolute atomic E-state index is 0.0334. The van der Waals surface area contributed by atoms with Crippen molar-refractivity contribution in [3.05, 3.63) is 96.1 Å². The third-order valence-electron chi connectivity index (χ3n) is 7.35. The fourth-order valence-electron chi connectivity index (χ4n) is 4.99. The Balaban J connectivity index is 1.72. The molecule has 0 spiro atoms. The van der Waals surface area contributed by atoms with E-state index in [0.717, 1.165) is 17.0 Å². The van der Waals surface area contributed by atoms with Crippen molar-refractivity contribution < 1.29 is 9.53 Å². The van der Waals surface area contributed by atoms with Crippen LogP contribution in [0.3, 0.4) is 0 Å². The zero-order valence-electron chi connectivity index (χ0n) is 20.2. The van der Waals surface area contributed by atoms with Gasteiger partial charge < -0.3 is 9.64 Å². The second-order valence-electron chi connectivity index (χ2n) is 9.55. The molecule has 0 N–H and O–H groups in total. The van der Waals surface area contributed by atoms with Crippen molar-refractivity contribution in [1.29, 1.82) is 0 Å². The largest absolute Gasteiger partial charge is 0.497 e. The SMILES string of the molecule is COc1ccc(N2C(=O)[C@H]([C@@H](C)[Si](C)(C)c3ccccc3)[C@@H]2/C(C)=C/c2ccccc2)cc1. The molecule has 0 unspecified atom stereocenters. The number of ether oxygens (including phenoxy) is 1. The van der Waals surface area contributed by atoms with E-state index in [4.69, 9.17) is 4.74 Å². The van der Waals surface area contributed by atoms with Crippen LogP contribution in [0.5, 0.6) is 5.75 Å². The zero-order chi connectivity index (χ0) is 23.6. The van der Waals surface area contributed by atoms with Gasteiger partial charge in [0.05, 0.1) is 27.1 Å². The van der Waals surface area contributed by atoms with Crippen molar-refractivity contribution in [2.45, 2.75) is 38.5 Å². The van der Waals surface area contributed by atoms with Crippen LogP contribution in [0.1, 0.15) is 19.4 Å². The number of carbonyl (C=O) groups is 1. The maximum Gasteiger partial charge on any atom is 0.233 e. The number of β-lactam (4-membered cyclic amide) rings is 1. The second kappa shape index (κ2) is 9.40. The van der Waals surface area contributed by atoms with Crippen LogP contribution in [0.4, 0.5) is 5.69 Å². The minimum atomic E-state index is -1.88. The Bertz CT molecular complexity index is 1120. The molecule has 3 nitrogen and oxygen atoms in total. The smallest absolute Gasteiger partial charge is 0.233 e. The number of nitrogens with zero attached hydrogens (tertiary/aromatic N) is 1. The molecule has 1 saturated heterocycles. The van der Waals surface area contributed by atoms with Crippen LogP contribution in [0.25, 0.3) is 6.08 Å². The summed E-state index contributed by atoms with van der Waals surface area (Å²) in [6, 6.07) is 29.0. The van der Waals surface area contributed by atoms with E-state index >= 15 is 0 Å². The van der Waals surface area contributed by atoms with E-state index < -0.39 is 8.07 Å². The van der Waals surface area contributed by atoms with Crippen LogP contribution in [0.15, 0.2) is 90.5 Å². The first kappa shape index (κ1) is 23.1.